The Morgan fingerprint density at radius 1 is 1.31 bits per heavy atom. The Bertz CT molecular complexity index is 732. The molecule has 1 N–H and O–H groups in total. The first-order chi connectivity index (χ1) is 12.4. The van der Waals surface area contributed by atoms with Crippen molar-refractivity contribution >= 4 is 11.6 Å². The summed E-state index contributed by atoms with van der Waals surface area (Å²) in [6.07, 6.45) is 3.62. The number of hydrogen-bond donors (Lipinski definition) is 1. The number of anilines is 1. The monoisotopic (exact) mass is 355 g/mol. The van der Waals surface area contributed by atoms with E-state index >= 15 is 0 Å². The molecule has 1 amide bonds. The maximum absolute atomic E-state index is 12.4. The molecule has 0 bridgehead atoms. The average Bonchev–Trinajstić information content (AvgIpc) is 2.94. The number of amides is 1. The molecule has 0 radical (unpaired) electrons. The van der Waals surface area contributed by atoms with Gasteiger partial charge in [0.1, 0.15) is 11.3 Å². The van der Waals surface area contributed by atoms with Crippen molar-refractivity contribution in [2.75, 3.05) is 25.5 Å². The second-order valence-corrected chi connectivity index (χ2v) is 7.68. The van der Waals surface area contributed by atoms with Crippen LogP contribution in [0.1, 0.15) is 47.1 Å². The first-order valence-corrected chi connectivity index (χ1v) is 9.45. The molecule has 2 heterocycles. The molecule has 1 aromatic heterocycles. The van der Waals surface area contributed by atoms with Crippen LogP contribution in [0.25, 0.3) is 0 Å². The highest BCUT2D eigenvalue weighted by atomic mass is 16.5. The number of aryl methyl sites for hydroxylation is 3. The third-order valence-corrected chi connectivity index (χ3v) is 5.56. The maximum atomic E-state index is 12.4. The highest BCUT2D eigenvalue weighted by molar-refractivity contribution is 6.05. The number of likely N-dealkylation sites (tertiary alicyclic amines) is 1. The minimum Gasteiger partial charge on any atom is -0.361 e. The number of aromatic nitrogens is 1. The highest BCUT2D eigenvalue weighted by Gasteiger charge is 2.23. The van der Waals surface area contributed by atoms with Crippen molar-refractivity contribution in [1.82, 2.24) is 10.1 Å². The van der Waals surface area contributed by atoms with E-state index in [0.29, 0.717) is 17.0 Å². The Morgan fingerprint density at radius 3 is 2.65 bits per heavy atom. The fourth-order valence-corrected chi connectivity index (χ4v) is 3.94. The van der Waals surface area contributed by atoms with Gasteiger partial charge >= 0.3 is 0 Å². The third kappa shape index (κ3) is 4.33. The van der Waals surface area contributed by atoms with Crippen molar-refractivity contribution < 1.29 is 9.32 Å². The Hall–Kier alpha value is -2.14. The van der Waals surface area contributed by atoms with Crippen molar-refractivity contribution in [1.29, 1.82) is 0 Å². The summed E-state index contributed by atoms with van der Waals surface area (Å²) in [5.41, 5.74) is 3.26. The number of nitrogens with one attached hydrogen (secondary N) is 1. The van der Waals surface area contributed by atoms with Gasteiger partial charge in [-0.15, -0.1) is 0 Å². The maximum Gasteiger partial charge on any atom is 0.261 e. The topological polar surface area (TPSA) is 58.4 Å². The van der Waals surface area contributed by atoms with Gasteiger partial charge in [-0.05, 0) is 76.2 Å². The molecular formula is C21H29N3O2. The fourth-order valence-electron chi connectivity index (χ4n) is 3.94. The number of carbonyl (C=O) groups excluding carboxylic acids is 1. The fraction of sp³-hybridized carbons (Fsp3) is 0.524. The molecule has 1 aliphatic heterocycles. The van der Waals surface area contributed by atoms with Gasteiger partial charge in [0.15, 0.2) is 0 Å². The molecule has 0 unspecified atom stereocenters. The Balaban J connectivity index is 1.54. The summed E-state index contributed by atoms with van der Waals surface area (Å²) in [7, 11) is 2.21. The number of benzene rings is 1. The van der Waals surface area contributed by atoms with E-state index in [2.05, 4.69) is 41.5 Å². The summed E-state index contributed by atoms with van der Waals surface area (Å²) in [6, 6.07) is 8.18. The van der Waals surface area contributed by atoms with Gasteiger partial charge in [0.05, 0.1) is 5.69 Å². The van der Waals surface area contributed by atoms with E-state index in [0.717, 1.165) is 23.9 Å². The number of carbonyl (C=O) groups is 1. The van der Waals surface area contributed by atoms with Crippen LogP contribution in [0.4, 0.5) is 5.69 Å². The second-order valence-electron chi connectivity index (χ2n) is 7.68. The zero-order chi connectivity index (χ0) is 18.7. The van der Waals surface area contributed by atoms with Gasteiger partial charge in [-0.1, -0.05) is 24.2 Å². The first kappa shape index (κ1) is 18.6. The Labute approximate surface area is 155 Å². The third-order valence-electron chi connectivity index (χ3n) is 5.56. The van der Waals surface area contributed by atoms with Crippen LogP contribution in [-0.4, -0.2) is 36.1 Å². The molecular weight excluding hydrogens is 326 g/mol. The van der Waals surface area contributed by atoms with Gasteiger partial charge in [-0.2, -0.15) is 0 Å². The van der Waals surface area contributed by atoms with E-state index in [-0.39, 0.29) is 5.91 Å². The molecule has 0 spiro atoms. The molecule has 2 atom stereocenters. The lowest BCUT2D eigenvalue weighted by Crippen LogP contribution is -2.36. The SMILES string of the molecule is Cc1noc(C)c1C(=O)Nc1ccc(CC[C@@H]2CCN(C)C[C@@H]2C)cc1. The van der Waals surface area contributed by atoms with E-state index in [1.165, 1.54) is 31.5 Å². The van der Waals surface area contributed by atoms with Gasteiger partial charge in [-0.3, -0.25) is 4.79 Å². The quantitative estimate of drug-likeness (QED) is 0.878. The molecule has 0 saturated carbocycles. The van der Waals surface area contributed by atoms with Gasteiger partial charge in [-0.25, -0.2) is 0 Å². The van der Waals surface area contributed by atoms with Gasteiger partial charge in [0.2, 0.25) is 0 Å². The van der Waals surface area contributed by atoms with E-state index in [1.54, 1.807) is 13.8 Å². The molecule has 2 aromatic rings. The van der Waals surface area contributed by atoms with Crippen molar-refractivity contribution in [2.45, 2.75) is 40.0 Å². The van der Waals surface area contributed by atoms with Crippen LogP contribution in [0, 0.1) is 25.7 Å². The zero-order valence-electron chi connectivity index (χ0n) is 16.2. The molecule has 140 valence electrons. The van der Waals surface area contributed by atoms with Gasteiger partial charge < -0.3 is 14.7 Å². The van der Waals surface area contributed by atoms with Crippen molar-refractivity contribution in [2.24, 2.45) is 11.8 Å². The van der Waals surface area contributed by atoms with Crippen LogP contribution >= 0.6 is 0 Å². The highest BCUT2D eigenvalue weighted by Crippen LogP contribution is 2.27. The smallest absolute Gasteiger partial charge is 0.261 e. The van der Waals surface area contributed by atoms with E-state index < -0.39 is 0 Å². The van der Waals surface area contributed by atoms with E-state index in [4.69, 9.17) is 4.52 Å². The summed E-state index contributed by atoms with van der Waals surface area (Å²) in [6.45, 7) is 8.31. The molecule has 5 nitrogen and oxygen atoms in total. The van der Waals surface area contributed by atoms with Gasteiger partial charge in [0, 0.05) is 12.2 Å². The van der Waals surface area contributed by atoms with Crippen molar-refractivity contribution in [3.8, 4) is 0 Å². The lowest BCUT2D eigenvalue weighted by molar-refractivity contribution is 0.102. The second kappa shape index (κ2) is 8.04. The Morgan fingerprint density at radius 2 is 2.04 bits per heavy atom. The normalized spacial score (nSPS) is 20.9. The van der Waals surface area contributed by atoms with Crippen LogP contribution < -0.4 is 5.32 Å². The minimum atomic E-state index is -0.172. The summed E-state index contributed by atoms with van der Waals surface area (Å²) in [5.74, 6) is 1.95. The van der Waals surface area contributed by atoms with Crippen molar-refractivity contribution in [3.05, 3.63) is 46.8 Å². The zero-order valence-corrected chi connectivity index (χ0v) is 16.2. The summed E-state index contributed by atoms with van der Waals surface area (Å²) in [5, 5.41) is 6.76. The molecule has 26 heavy (non-hydrogen) atoms. The molecule has 1 aromatic carbocycles. The molecule has 5 heteroatoms. The van der Waals surface area contributed by atoms with Crippen LogP contribution in [0.3, 0.4) is 0 Å². The molecule has 3 rings (SSSR count). The predicted octanol–water partition coefficient (Wildman–Crippen LogP) is 4.06. The number of hydrogen-bond acceptors (Lipinski definition) is 4. The van der Waals surface area contributed by atoms with Crippen LogP contribution in [0.5, 0.6) is 0 Å². The number of rotatable bonds is 5. The van der Waals surface area contributed by atoms with Crippen LogP contribution in [-0.2, 0) is 6.42 Å². The lowest BCUT2D eigenvalue weighted by Gasteiger charge is -2.34. The Kier molecular flexibility index (Phi) is 5.77. The summed E-state index contributed by atoms with van der Waals surface area (Å²) in [4.78, 5) is 14.8. The number of piperidine rings is 1. The van der Waals surface area contributed by atoms with Crippen LogP contribution in [0.2, 0.25) is 0 Å². The van der Waals surface area contributed by atoms with Gasteiger partial charge in [0.25, 0.3) is 5.91 Å². The largest absolute Gasteiger partial charge is 0.361 e. The average molecular weight is 355 g/mol. The van der Waals surface area contributed by atoms with Crippen molar-refractivity contribution in [3.63, 3.8) is 0 Å². The first-order valence-electron chi connectivity index (χ1n) is 9.45. The standard InChI is InChI=1S/C21H29N3O2/c1-14-13-24(4)12-11-18(14)8-5-17-6-9-19(10-7-17)22-21(25)20-15(2)23-26-16(20)3/h6-7,9-10,14,18H,5,8,11-13H2,1-4H3,(H,22,25)/t14-,18+/m0/s1. The summed E-state index contributed by atoms with van der Waals surface area (Å²) >= 11 is 0. The molecule has 1 aliphatic rings. The predicted molar refractivity (Wildman–Crippen MR) is 103 cm³/mol. The molecule has 1 saturated heterocycles. The number of nitrogens with zero attached hydrogens (tertiary/aromatic N) is 2. The minimum absolute atomic E-state index is 0.172. The summed E-state index contributed by atoms with van der Waals surface area (Å²) < 4.78 is 5.06. The van der Waals surface area contributed by atoms with Crippen LogP contribution in [0.15, 0.2) is 28.8 Å². The van der Waals surface area contributed by atoms with E-state index in [9.17, 15) is 4.79 Å². The molecule has 1 fully saturated rings. The lowest BCUT2D eigenvalue weighted by atomic mass is 9.83. The molecule has 0 aliphatic carbocycles. The van der Waals surface area contributed by atoms with E-state index in [1.807, 2.05) is 12.1 Å².